The van der Waals surface area contributed by atoms with E-state index in [1.165, 1.54) is 6.07 Å². The molecule has 0 saturated carbocycles. The normalized spacial score (nSPS) is 10.1. The van der Waals surface area contributed by atoms with Crippen LogP contribution in [-0.2, 0) is 0 Å². The second-order valence-electron chi connectivity index (χ2n) is 3.22. The molecule has 0 saturated heterocycles. The Bertz CT molecular complexity index is 491. The molecule has 1 rings (SSSR count). The Morgan fingerprint density at radius 2 is 2.35 bits per heavy atom. The summed E-state index contributed by atoms with van der Waals surface area (Å²) in [4.78, 5) is 12.9. The van der Waals surface area contributed by atoms with E-state index < -0.39 is 4.92 Å². The summed E-state index contributed by atoms with van der Waals surface area (Å²) in [5.74, 6) is 0. The number of nitro groups is 1. The van der Waals surface area contributed by atoms with Crippen LogP contribution in [-0.4, -0.2) is 11.5 Å². The highest BCUT2D eigenvalue weighted by Gasteiger charge is 2.10. The molecule has 0 fully saturated rings. The number of nitrogens with two attached hydrogens (primary N) is 1. The van der Waals surface area contributed by atoms with Gasteiger partial charge in [0.25, 0.3) is 5.69 Å². The zero-order valence-corrected chi connectivity index (χ0v) is 8.98. The van der Waals surface area contributed by atoms with Crippen molar-refractivity contribution in [2.45, 2.75) is 6.42 Å². The summed E-state index contributed by atoms with van der Waals surface area (Å²) >= 11 is 0. The zero-order valence-electron chi connectivity index (χ0n) is 8.98. The van der Waals surface area contributed by atoms with E-state index in [1.54, 1.807) is 24.3 Å². The van der Waals surface area contributed by atoms with Crippen molar-refractivity contribution in [3.63, 3.8) is 0 Å². The molecule has 7 nitrogen and oxygen atoms in total. The number of nitro benzene ring substituents is 1. The average Bonchev–Trinajstić information content (AvgIpc) is 2.30. The van der Waals surface area contributed by atoms with E-state index in [9.17, 15) is 10.1 Å². The van der Waals surface area contributed by atoms with Crippen LogP contribution in [0.4, 0.5) is 11.4 Å². The third kappa shape index (κ3) is 3.84. The summed E-state index contributed by atoms with van der Waals surface area (Å²) in [6, 6.07) is 4.49. The van der Waals surface area contributed by atoms with Crippen molar-refractivity contribution in [3.05, 3.63) is 50.4 Å². The molecule has 0 heterocycles. The zero-order chi connectivity index (χ0) is 12.7. The molecule has 0 amide bonds. The molecule has 0 aliphatic rings. The van der Waals surface area contributed by atoms with E-state index in [0.717, 1.165) is 0 Å². The SMILES string of the molecule is [N-]=[N+]=NCCC=Cc1ccc(N)cc1[N+](=O)[O-]. The Labute approximate surface area is 97.3 Å². The van der Waals surface area contributed by atoms with Crippen LogP contribution >= 0.6 is 0 Å². The molecule has 2 N–H and O–H groups in total. The van der Waals surface area contributed by atoms with Gasteiger partial charge in [-0.2, -0.15) is 0 Å². The lowest BCUT2D eigenvalue weighted by molar-refractivity contribution is -0.385. The topological polar surface area (TPSA) is 118 Å². The number of rotatable bonds is 5. The van der Waals surface area contributed by atoms with Gasteiger partial charge in [-0.05, 0) is 24.1 Å². The molecule has 88 valence electrons. The number of hydrogen-bond donors (Lipinski definition) is 1. The molecule has 0 aliphatic heterocycles. The molecule has 17 heavy (non-hydrogen) atoms. The third-order valence-electron chi connectivity index (χ3n) is 2.01. The highest BCUT2D eigenvalue weighted by Crippen LogP contribution is 2.22. The quantitative estimate of drug-likeness (QED) is 0.160. The molecule has 0 aliphatic carbocycles. The Kier molecular flexibility index (Phi) is 4.53. The van der Waals surface area contributed by atoms with Gasteiger partial charge in [-0.15, -0.1) is 0 Å². The molecule has 7 heteroatoms. The number of hydrogen-bond acceptors (Lipinski definition) is 4. The van der Waals surface area contributed by atoms with Crippen molar-refractivity contribution in [2.75, 3.05) is 12.3 Å². The molecule has 0 unspecified atom stereocenters. The van der Waals surface area contributed by atoms with Crippen LogP contribution in [0.15, 0.2) is 29.4 Å². The largest absolute Gasteiger partial charge is 0.399 e. The van der Waals surface area contributed by atoms with Crippen LogP contribution in [0.2, 0.25) is 0 Å². The molecule has 0 aromatic heterocycles. The summed E-state index contributed by atoms with van der Waals surface area (Å²) in [5.41, 5.74) is 14.3. The van der Waals surface area contributed by atoms with Gasteiger partial charge in [-0.1, -0.05) is 17.3 Å². The predicted molar refractivity (Wildman–Crippen MR) is 65.2 cm³/mol. The maximum atomic E-state index is 10.8. The van der Waals surface area contributed by atoms with Gasteiger partial charge in [0.15, 0.2) is 0 Å². The second-order valence-corrected chi connectivity index (χ2v) is 3.22. The number of nitrogens with zero attached hydrogens (tertiary/aromatic N) is 4. The van der Waals surface area contributed by atoms with Crippen LogP contribution in [0.25, 0.3) is 16.5 Å². The van der Waals surface area contributed by atoms with Crippen molar-refractivity contribution in [3.8, 4) is 0 Å². The van der Waals surface area contributed by atoms with E-state index in [0.29, 0.717) is 24.2 Å². The summed E-state index contributed by atoms with van der Waals surface area (Å²) < 4.78 is 0. The predicted octanol–water partition coefficient (Wildman–Crippen LogP) is 2.89. The summed E-state index contributed by atoms with van der Waals surface area (Å²) in [6.45, 7) is 0.329. The van der Waals surface area contributed by atoms with Crippen LogP contribution in [0.1, 0.15) is 12.0 Å². The molecular formula is C10H11N5O2. The van der Waals surface area contributed by atoms with E-state index in [-0.39, 0.29) is 5.69 Å². The highest BCUT2D eigenvalue weighted by molar-refractivity contribution is 5.65. The first-order chi connectivity index (χ1) is 8.15. The standard InChI is InChI=1S/C10H11N5O2/c11-9-5-4-8(10(7-9)15(16)17)3-1-2-6-13-14-12/h1,3-5,7H,2,6,11H2. The van der Waals surface area contributed by atoms with E-state index in [4.69, 9.17) is 11.3 Å². The van der Waals surface area contributed by atoms with Gasteiger partial charge >= 0.3 is 0 Å². The van der Waals surface area contributed by atoms with Crippen LogP contribution < -0.4 is 5.73 Å². The Balaban J connectivity index is 2.83. The molecule has 0 radical (unpaired) electrons. The van der Waals surface area contributed by atoms with Gasteiger partial charge in [-0.3, -0.25) is 10.1 Å². The Morgan fingerprint density at radius 1 is 1.59 bits per heavy atom. The van der Waals surface area contributed by atoms with Crippen LogP contribution in [0.5, 0.6) is 0 Å². The maximum absolute atomic E-state index is 10.8. The number of benzene rings is 1. The lowest BCUT2D eigenvalue weighted by atomic mass is 10.1. The first kappa shape index (κ1) is 12.5. The number of anilines is 1. The lowest BCUT2D eigenvalue weighted by Crippen LogP contribution is -1.94. The van der Waals surface area contributed by atoms with Gasteiger partial charge in [0, 0.05) is 23.2 Å². The van der Waals surface area contributed by atoms with Gasteiger partial charge in [0.1, 0.15) is 0 Å². The summed E-state index contributed by atoms with van der Waals surface area (Å²) in [6.07, 6.45) is 3.86. The van der Waals surface area contributed by atoms with Crippen LogP contribution in [0.3, 0.4) is 0 Å². The molecule has 1 aromatic rings. The minimum Gasteiger partial charge on any atom is -0.399 e. The summed E-state index contributed by atoms with van der Waals surface area (Å²) in [7, 11) is 0. The van der Waals surface area contributed by atoms with E-state index in [2.05, 4.69) is 10.0 Å². The van der Waals surface area contributed by atoms with Gasteiger partial charge in [0.05, 0.1) is 10.5 Å². The summed E-state index contributed by atoms with van der Waals surface area (Å²) in [5, 5.41) is 14.1. The Hall–Kier alpha value is -2.53. The molecule has 0 atom stereocenters. The van der Waals surface area contributed by atoms with Crippen molar-refractivity contribution < 1.29 is 4.92 Å². The smallest absolute Gasteiger partial charge is 0.278 e. The molecule has 0 spiro atoms. The molecule has 1 aromatic carbocycles. The average molecular weight is 233 g/mol. The molecule has 0 bridgehead atoms. The minimum absolute atomic E-state index is 0.0370. The maximum Gasteiger partial charge on any atom is 0.278 e. The fraction of sp³-hybridized carbons (Fsp3) is 0.200. The molecular weight excluding hydrogens is 222 g/mol. The van der Waals surface area contributed by atoms with Gasteiger partial charge in [-0.25, -0.2) is 0 Å². The van der Waals surface area contributed by atoms with Gasteiger partial charge in [0.2, 0.25) is 0 Å². The number of azide groups is 1. The first-order valence-electron chi connectivity index (χ1n) is 4.86. The third-order valence-corrected chi connectivity index (χ3v) is 2.01. The second kappa shape index (κ2) is 6.14. The van der Waals surface area contributed by atoms with Crippen molar-refractivity contribution >= 4 is 17.5 Å². The Morgan fingerprint density at radius 3 is 3.00 bits per heavy atom. The van der Waals surface area contributed by atoms with Gasteiger partial charge < -0.3 is 5.73 Å². The van der Waals surface area contributed by atoms with Crippen LogP contribution in [0, 0.1) is 10.1 Å². The van der Waals surface area contributed by atoms with Crippen molar-refractivity contribution in [1.29, 1.82) is 0 Å². The highest BCUT2D eigenvalue weighted by atomic mass is 16.6. The first-order valence-corrected chi connectivity index (χ1v) is 4.86. The van der Waals surface area contributed by atoms with Crippen molar-refractivity contribution in [2.24, 2.45) is 5.11 Å². The van der Waals surface area contributed by atoms with E-state index in [1.807, 2.05) is 0 Å². The van der Waals surface area contributed by atoms with E-state index >= 15 is 0 Å². The fourth-order valence-electron chi connectivity index (χ4n) is 1.25. The fourth-order valence-corrected chi connectivity index (χ4v) is 1.25. The monoisotopic (exact) mass is 233 g/mol. The number of nitrogen functional groups attached to an aromatic ring is 1. The van der Waals surface area contributed by atoms with Crippen molar-refractivity contribution in [1.82, 2.24) is 0 Å². The lowest BCUT2D eigenvalue weighted by Gasteiger charge is -1.98. The minimum atomic E-state index is -0.483.